The average molecular weight is 382 g/mol. The van der Waals surface area contributed by atoms with Crippen molar-refractivity contribution in [1.82, 2.24) is 0 Å². The Morgan fingerprint density at radius 1 is 1.33 bits per heavy atom. The zero-order chi connectivity index (χ0) is 20.0. The van der Waals surface area contributed by atoms with E-state index in [2.05, 4.69) is 0 Å². The van der Waals surface area contributed by atoms with Crippen LogP contribution in [0, 0.1) is 0 Å². The first-order valence-corrected chi connectivity index (χ1v) is 9.08. The molecule has 4 atom stereocenters. The Morgan fingerprint density at radius 2 is 2.04 bits per heavy atom. The van der Waals surface area contributed by atoms with E-state index in [-0.39, 0.29) is 30.8 Å². The van der Waals surface area contributed by atoms with E-state index >= 15 is 0 Å². The van der Waals surface area contributed by atoms with E-state index in [1.165, 1.54) is 13.8 Å². The molecule has 0 spiro atoms. The molecular formula is C19H26O8. The first-order valence-electron chi connectivity index (χ1n) is 9.08. The third-order valence-electron chi connectivity index (χ3n) is 5.34. The number of hydrogen-bond acceptors (Lipinski definition) is 8. The molecule has 150 valence electrons. The van der Waals surface area contributed by atoms with Gasteiger partial charge in [0.2, 0.25) is 0 Å². The fourth-order valence-electron chi connectivity index (χ4n) is 3.86. The number of esters is 2. The SMILES string of the molecule is CCOCC1=C2/C(=C\[C@@]3(C)CC[C@](O)(O3)[C@](C)(O)C[C@@H]2OC(C)=O)OC1=O. The summed E-state index contributed by atoms with van der Waals surface area (Å²) in [5, 5.41) is 22.0. The summed E-state index contributed by atoms with van der Waals surface area (Å²) >= 11 is 0. The highest BCUT2D eigenvalue weighted by Gasteiger charge is 2.58. The molecule has 0 amide bonds. The van der Waals surface area contributed by atoms with Crippen LogP contribution in [0.3, 0.4) is 0 Å². The summed E-state index contributed by atoms with van der Waals surface area (Å²) in [6, 6.07) is 0. The van der Waals surface area contributed by atoms with Crippen molar-refractivity contribution < 1.29 is 38.7 Å². The maximum absolute atomic E-state index is 12.4. The first-order chi connectivity index (χ1) is 12.5. The van der Waals surface area contributed by atoms with Crippen LogP contribution in [0.2, 0.25) is 0 Å². The van der Waals surface area contributed by atoms with Crippen molar-refractivity contribution in [2.45, 2.75) is 70.1 Å². The lowest BCUT2D eigenvalue weighted by Gasteiger charge is -2.40. The van der Waals surface area contributed by atoms with Crippen molar-refractivity contribution >= 4 is 11.9 Å². The van der Waals surface area contributed by atoms with Gasteiger partial charge < -0.3 is 29.2 Å². The van der Waals surface area contributed by atoms with Crippen LogP contribution in [0.25, 0.3) is 0 Å². The van der Waals surface area contributed by atoms with Gasteiger partial charge in [0.05, 0.1) is 17.8 Å². The number of rotatable bonds is 4. The molecule has 0 aromatic rings. The van der Waals surface area contributed by atoms with E-state index in [0.29, 0.717) is 18.6 Å². The van der Waals surface area contributed by atoms with Crippen molar-refractivity contribution in [2.75, 3.05) is 13.2 Å². The molecule has 8 nitrogen and oxygen atoms in total. The zero-order valence-electron chi connectivity index (χ0n) is 16.0. The van der Waals surface area contributed by atoms with Crippen LogP contribution in [-0.2, 0) is 28.5 Å². The molecule has 0 aliphatic carbocycles. The van der Waals surface area contributed by atoms with Crippen LogP contribution in [0.4, 0.5) is 0 Å². The smallest absolute Gasteiger partial charge is 0.342 e. The van der Waals surface area contributed by atoms with Gasteiger partial charge in [-0.2, -0.15) is 0 Å². The predicted octanol–water partition coefficient (Wildman–Crippen LogP) is 1.10. The molecule has 3 rings (SSSR count). The summed E-state index contributed by atoms with van der Waals surface area (Å²) in [5.74, 6) is -2.77. The number of fused-ring (bicyclic) bond motifs is 3. The van der Waals surface area contributed by atoms with Gasteiger partial charge in [-0.3, -0.25) is 4.79 Å². The highest BCUT2D eigenvalue weighted by molar-refractivity contribution is 5.95. The summed E-state index contributed by atoms with van der Waals surface area (Å²) in [4.78, 5) is 24.1. The van der Waals surface area contributed by atoms with Gasteiger partial charge in [-0.05, 0) is 33.3 Å². The minimum Gasteiger partial charge on any atom is -0.457 e. The first kappa shape index (κ1) is 20.0. The van der Waals surface area contributed by atoms with Crippen LogP contribution in [0.5, 0.6) is 0 Å². The molecule has 0 saturated carbocycles. The fourth-order valence-corrected chi connectivity index (χ4v) is 3.86. The van der Waals surface area contributed by atoms with Crippen LogP contribution in [-0.4, -0.2) is 58.5 Å². The molecule has 3 aliphatic heterocycles. The molecule has 0 radical (unpaired) electrons. The number of aliphatic hydroxyl groups is 2. The molecule has 0 aromatic carbocycles. The van der Waals surface area contributed by atoms with Gasteiger partial charge in [-0.1, -0.05) is 0 Å². The zero-order valence-corrected chi connectivity index (χ0v) is 16.0. The molecule has 0 unspecified atom stereocenters. The minimum absolute atomic E-state index is 0.0102. The topological polar surface area (TPSA) is 112 Å². The summed E-state index contributed by atoms with van der Waals surface area (Å²) in [6.07, 6.45) is 1.05. The molecule has 0 aromatic heterocycles. The van der Waals surface area contributed by atoms with E-state index in [1.54, 1.807) is 19.9 Å². The number of hydrogen-bond donors (Lipinski definition) is 2. The van der Waals surface area contributed by atoms with E-state index in [0.717, 1.165) is 0 Å². The standard InChI is InChI=1S/C19H26O8/c1-5-24-10-12-15-13(26-16(12)21)8-17(3)6-7-19(23,27-17)18(4,22)9-14(15)25-11(2)20/h8,14,22-23H,5-7,9-10H2,1-4H3/b13-8+/t14-,17+,18+,19-/m0/s1. The summed E-state index contributed by atoms with van der Waals surface area (Å²) in [5.41, 5.74) is -2.10. The highest BCUT2D eigenvalue weighted by Crippen LogP contribution is 2.49. The summed E-state index contributed by atoms with van der Waals surface area (Å²) in [6.45, 7) is 6.59. The molecular weight excluding hydrogens is 356 g/mol. The number of ether oxygens (including phenoxy) is 4. The fraction of sp³-hybridized carbons (Fsp3) is 0.684. The summed E-state index contributed by atoms with van der Waals surface area (Å²) < 4.78 is 22.1. The van der Waals surface area contributed by atoms with Gasteiger partial charge in [-0.15, -0.1) is 0 Å². The van der Waals surface area contributed by atoms with Crippen molar-refractivity contribution in [3.63, 3.8) is 0 Å². The van der Waals surface area contributed by atoms with Gasteiger partial charge >= 0.3 is 11.9 Å². The largest absolute Gasteiger partial charge is 0.457 e. The molecule has 3 aliphatic rings. The molecule has 2 bridgehead atoms. The van der Waals surface area contributed by atoms with Gasteiger partial charge in [0.25, 0.3) is 0 Å². The van der Waals surface area contributed by atoms with Crippen molar-refractivity contribution in [1.29, 1.82) is 0 Å². The summed E-state index contributed by atoms with van der Waals surface area (Å²) in [7, 11) is 0. The second-order valence-corrected chi connectivity index (χ2v) is 7.70. The Labute approximate surface area is 157 Å². The maximum atomic E-state index is 12.4. The average Bonchev–Trinajstić information content (AvgIpc) is 3.01. The van der Waals surface area contributed by atoms with E-state index in [9.17, 15) is 19.8 Å². The van der Waals surface area contributed by atoms with Crippen molar-refractivity contribution in [3.05, 3.63) is 23.0 Å². The Morgan fingerprint density at radius 3 is 2.67 bits per heavy atom. The third kappa shape index (κ3) is 3.54. The molecule has 1 saturated heterocycles. The van der Waals surface area contributed by atoms with Gasteiger partial charge in [0.15, 0.2) is 5.79 Å². The second-order valence-electron chi connectivity index (χ2n) is 7.70. The Bertz CT molecular complexity index is 721. The van der Waals surface area contributed by atoms with Crippen LogP contribution in [0.15, 0.2) is 23.0 Å². The number of carbonyl (C=O) groups is 2. The van der Waals surface area contributed by atoms with Crippen LogP contribution < -0.4 is 0 Å². The van der Waals surface area contributed by atoms with Crippen molar-refractivity contribution in [2.24, 2.45) is 0 Å². The van der Waals surface area contributed by atoms with E-state index in [1.807, 2.05) is 0 Å². The third-order valence-corrected chi connectivity index (χ3v) is 5.34. The minimum atomic E-state index is -1.82. The quantitative estimate of drug-likeness (QED) is 0.696. The Hall–Kier alpha value is -1.74. The molecule has 1 fully saturated rings. The van der Waals surface area contributed by atoms with Gasteiger partial charge in [0.1, 0.15) is 17.5 Å². The maximum Gasteiger partial charge on any atom is 0.342 e. The predicted molar refractivity (Wildman–Crippen MR) is 92.2 cm³/mol. The lowest BCUT2D eigenvalue weighted by atomic mass is 9.82. The monoisotopic (exact) mass is 382 g/mol. The van der Waals surface area contributed by atoms with Crippen LogP contribution >= 0.6 is 0 Å². The normalized spacial score (nSPS) is 40.4. The Balaban J connectivity index is 2.16. The molecule has 3 heterocycles. The lowest BCUT2D eigenvalue weighted by molar-refractivity contribution is -0.298. The molecule has 8 heteroatoms. The molecule has 27 heavy (non-hydrogen) atoms. The van der Waals surface area contributed by atoms with Gasteiger partial charge in [0, 0.05) is 31.9 Å². The van der Waals surface area contributed by atoms with Crippen LogP contribution in [0.1, 0.15) is 47.0 Å². The van der Waals surface area contributed by atoms with Crippen molar-refractivity contribution in [3.8, 4) is 0 Å². The Kier molecular flexibility index (Phi) is 4.96. The number of carbonyl (C=O) groups excluding carboxylic acids is 2. The lowest BCUT2D eigenvalue weighted by Crippen LogP contribution is -2.54. The second kappa shape index (κ2) is 6.70. The van der Waals surface area contributed by atoms with Gasteiger partial charge in [-0.25, -0.2) is 4.79 Å². The van der Waals surface area contributed by atoms with E-state index < -0.39 is 35.0 Å². The van der Waals surface area contributed by atoms with E-state index in [4.69, 9.17) is 18.9 Å². The molecule has 2 N–H and O–H groups in total. The highest BCUT2D eigenvalue weighted by atomic mass is 16.7.